The number of benzene rings is 3. The summed E-state index contributed by atoms with van der Waals surface area (Å²) in [4.78, 5) is 45.5. The highest BCUT2D eigenvalue weighted by atomic mass is 79.9. The first-order valence-corrected chi connectivity index (χ1v) is 12.8. The maximum atomic E-state index is 13.8. The van der Waals surface area contributed by atoms with Crippen molar-refractivity contribution in [2.45, 2.75) is 25.5 Å². The summed E-state index contributed by atoms with van der Waals surface area (Å²) in [5.74, 6) is -0.589. The Labute approximate surface area is 226 Å². The van der Waals surface area contributed by atoms with E-state index in [1.54, 1.807) is 55.6 Å². The highest BCUT2D eigenvalue weighted by Gasteiger charge is 2.60. The van der Waals surface area contributed by atoms with Crippen molar-refractivity contribution in [3.05, 3.63) is 86.9 Å². The molecule has 0 saturated carbocycles. The first kappa shape index (κ1) is 25.7. The van der Waals surface area contributed by atoms with Crippen LogP contribution in [0.1, 0.15) is 24.9 Å². The van der Waals surface area contributed by atoms with Crippen LogP contribution in [-0.4, -0.2) is 36.6 Å². The van der Waals surface area contributed by atoms with E-state index in [9.17, 15) is 19.7 Å². The molecular formula is C27H24BrN3O7. The molecule has 3 aromatic rings. The van der Waals surface area contributed by atoms with E-state index in [1.165, 1.54) is 23.3 Å². The Balaban J connectivity index is 1.54. The SMILES string of the molecule is CCCOc1ccc(N2C(=O)[C@@H]3[C@H](ON(c4cccc([N+](=O)[O-])c4)[C@H]3c3ccc(OC)c(Br)c3)C2=O)cc1. The van der Waals surface area contributed by atoms with Crippen LogP contribution in [0.15, 0.2) is 71.2 Å². The van der Waals surface area contributed by atoms with Gasteiger partial charge < -0.3 is 9.47 Å². The number of hydrogen-bond donors (Lipinski definition) is 0. The number of fused-ring (bicyclic) bond motifs is 1. The number of nitro groups is 1. The predicted octanol–water partition coefficient (Wildman–Crippen LogP) is 5.21. The second kappa shape index (κ2) is 10.4. The lowest BCUT2D eigenvalue weighted by atomic mass is 9.90. The molecule has 5 rings (SSSR count). The molecule has 0 bridgehead atoms. The summed E-state index contributed by atoms with van der Waals surface area (Å²) in [6.07, 6.45) is -0.251. The highest BCUT2D eigenvalue weighted by molar-refractivity contribution is 9.10. The third-order valence-corrected chi connectivity index (χ3v) is 7.12. The lowest BCUT2D eigenvalue weighted by Crippen LogP contribution is -2.37. The van der Waals surface area contributed by atoms with Gasteiger partial charge in [0.2, 0.25) is 5.91 Å². The summed E-state index contributed by atoms with van der Waals surface area (Å²) in [7, 11) is 1.54. The van der Waals surface area contributed by atoms with E-state index in [0.717, 1.165) is 11.3 Å². The first-order valence-electron chi connectivity index (χ1n) is 12.0. The topological polar surface area (TPSA) is 111 Å². The second-order valence-corrected chi connectivity index (χ2v) is 9.70. The number of hydrogen-bond acceptors (Lipinski definition) is 8. The van der Waals surface area contributed by atoms with Gasteiger partial charge in [0.05, 0.1) is 40.5 Å². The van der Waals surface area contributed by atoms with Crippen molar-refractivity contribution >= 4 is 44.8 Å². The number of nitro benzene ring substituents is 1. The summed E-state index contributed by atoms with van der Waals surface area (Å²) >= 11 is 3.49. The zero-order valence-electron chi connectivity index (χ0n) is 20.6. The lowest BCUT2D eigenvalue weighted by molar-refractivity contribution is -0.384. The number of anilines is 2. The van der Waals surface area contributed by atoms with Crippen molar-refractivity contribution < 1.29 is 28.8 Å². The lowest BCUT2D eigenvalue weighted by Gasteiger charge is -2.29. The molecule has 2 saturated heterocycles. The van der Waals surface area contributed by atoms with Crippen LogP contribution in [0.5, 0.6) is 11.5 Å². The Hall–Kier alpha value is -3.96. The molecule has 3 atom stereocenters. The summed E-state index contributed by atoms with van der Waals surface area (Å²) in [5.41, 5.74) is 1.30. The molecule has 0 N–H and O–H groups in total. The number of halogens is 1. The fraction of sp³-hybridized carbons (Fsp3) is 0.259. The zero-order valence-corrected chi connectivity index (χ0v) is 22.2. The fourth-order valence-corrected chi connectivity index (χ4v) is 5.31. The molecule has 10 nitrogen and oxygen atoms in total. The average Bonchev–Trinajstić information content (AvgIpc) is 3.43. The fourth-order valence-electron chi connectivity index (χ4n) is 4.75. The molecular weight excluding hydrogens is 558 g/mol. The molecule has 0 unspecified atom stereocenters. The summed E-state index contributed by atoms with van der Waals surface area (Å²) in [5, 5.41) is 12.8. The van der Waals surface area contributed by atoms with E-state index in [2.05, 4.69) is 15.9 Å². The number of rotatable bonds is 8. The molecule has 2 fully saturated rings. The average molecular weight is 582 g/mol. The summed E-state index contributed by atoms with van der Waals surface area (Å²) in [6.45, 7) is 2.56. The summed E-state index contributed by atoms with van der Waals surface area (Å²) < 4.78 is 11.6. The normalized spacial score (nSPS) is 20.6. The van der Waals surface area contributed by atoms with Crippen LogP contribution in [-0.2, 0) is 14.4 Å². The number of amides is 2. The predicted molar refractivity (Wildman–Crippen MR) is 142 cm³/mol. The Morgan fingerprint density at radius 3 is 2.45 bits per heavy atom. The van der Waals surface area contributed by atoms with Crippen molar-refractivity contribution in [1.29, 1.82) is 0 Å². The monoisotopic (exact) mass is 581 g/mol. The van der Waals surface area contributed by atoms with Gasteiger partial charge in [-0.25, -0.2) is 9.96 Å². The van der Waals surface area contributed by atoms with Crippen LogP contribution < -0.4 is 19.4 Å². The minimum Gasteiger partial charge on any atom is -0.496 e. The number of nitrogens with zero attached hydrogens (tertiary/aromatic N) is 3. The molecule has 2 amide bonds. The van der Waals surface area contributed by atoms with Crippen molar-refractivity contribution in [3.8, 4) is 11.5 Å². The van der Waals surface area contributed by atoms with E-state index in [1.807, 2.05) is 6.92 Å². The van der Waals surface area contributed by atoms with Gasteiger partial charge in [-0.05, 0) is 70.4 Å². The van der Waals surface area contributed by atoms with Gasteiger partial charge in [0.1, 0.15) is 17.4 Å². The molecule has 0 aliphatic carbocycles. The Morgan fingerprint density at radius 1 is 1.03 bits per heavy atom. The van der Waals surface area contributed by atoms with Gasteiger partial charge in [0, 0.05) is 12.1 Å². The molecule has 38 heavy (non-hydrogen) atoms. The smallest absolute Gasteiger partial charge is 0.271 e. The molecule has 11 heteroatoms. The number of carbonyl (C=O) groups excluding carboxylic acids is 2. The molecule has 0 radical (unpaired) electrons. The minimum absolute atomic E-state index is 0.137. The van der Waals surface area contributed by atoms with Gasteiger partial charge in [-0.1, -0.05) is 19.1 Å². The minimum atomic E-state index is -1.11. The van der Waals surface area contributed by atoms with Crippen LogP contribution in [0.4, 0.5) is 17.1 Å². The van der Waals surface area contributed by atoms with E-state index < -0.39 is 34.8 Å². The van der Waals surface area contributed by atoms with Gasteiger partial charge in [0.25, 0.3) is 11.6 Å². The van der Waals surface area contributed by atoms with Gasteiger partial charge in [-0.2, -0.15) is 0 Å². The second-order valence-electron chi connectivity index (χ2n) is 8.85. The van der Waals surface area contributed by atoms with Crippen molar-refractivity contribution in [2.75, 3.05) is 23.7 Å². The van der Waals surface area contributed by atoms with E-state index in [4.69, 9.17) is 14.3 Å². The van der Waals surface area contributed by atoms with Crippen molar-refractivity contribution in [2.24, 2.45) is 5.92 Å². The Bertz CT molecular complexity index is 1400. The van der Waals surface area contributed by atoms with Gasteiger partial charge >= 0.3 is 0 Å². The van der Waals surface area contributed by atoms with E-state index in [-0.39, 0.29) is 5.69 Å². The standard InChI is InChI=1S/C27H24BrN3O7/c1-3-13-37-20-10-8-17(9-11-20)29-26(32)23-24(16-7-12-22(36-2)21(28)14-16)30(38-25(23)27(29)33)18-5-4-6-19(15-18)31(34)35/h4-12,14-15,23-25H,3,13H2,1-2H3/t23-,24-,25-/m0/s1. The molecule has 0 aromatic heterocycles. The molecule has 196 valence electrons. The molecule has 3 aromatic carbocycles. The zero-order chi connectivity index (χ0) is 27.0. The maximum Gasteiger partial charge on any atom is 0.271 e. The molecule has 0 spiro atoms. The molecule has 2 aliphatic heterocycles. The van der Waals surface area contributed by atoms with Gasteiger partial charge in [0.15, 0.2) is 6.10 Å². The van der Waals surface area contributed by atoms with Crippen molar-refractivity contribution in [1.82, 2.24) is 0 Å². The van der Waals surface area contributed by atoms with Crippen LogP contribution in [0.2, 0.25) is 0 Å². The maximum absolute atomic E-state index is 13.8. The number of carbonyl (C=O) groups is 2. The molecule has 2 heterocycles. The quantitative estimate of drug-likeness (QED) is 0.202. The molecule has 2 aliphatic rings. The third-order valence-electron chi connectivity index (χ3n) is 6.50. The summed E-state index contributed by atoms with van der Waals surface area (Å²) in [6, 6.07) is 17.2. The van der Waals surface area contributed by atoms with Crippen LogP contribution >= 0.6 is 15.9 Å². The van der Waals surface area contributed by atoms with Crippen molar-refractivity contribution in [3.63, 3.8) is 0 Å². The van der Waals surface area contributed by atoms with Gasteiger partial charge in [-0.3, -0.25) is 24.5 Å². The van der Waals surface area contributed by atoms with Crippen LogP contribution in [0.3, 0.4) is 0 Å². The highest BCUT2D eigenvalue weighted by Crippen LogP contribution is 2.48. The first-order chi connectivity index (χ1) is 18.3. The number of methoxy groups -OCH3 is 1. The number of hydroxylamine groups is 1. The number of imide groups is 1. The Kier molecular flexibility index (Phi) is 7.04. The number of non-ortho nitro benzene ring substituents is 1. The van der Waals surface area contributed by atoms with Crippen LogP contribution in [0.25, 0.3) is 0 Å². The van der Waals surface area contributed by atoms with E-state index in [0.29, 0.717) is 39.5 Å². The number of ether oxygens (including phenoxy) is 2. The van der Waals surface area contributed by atoms with E-state index >= 15 is 0 Å². The largest absolute Gasteiger partial charge is 0.496 e. The van der Waals surface area contributed by atoms with Crippen LogP contribution in [0, 0.1) is 16.0 Å². The third kappa shape index (κ3) is 4.48. The van der Waals surface area contributed by atoms with Gasteiger partial charge in [-0.15, -0.1) is 0 Å². The Morgan fingerprint density at radius 2 is 1.79 bits per heavy atom.